The normalized spacial score (nSPS) is 11.6. The lowest BCUT2D eigenvalue weighted by Gasteiger charge is -2.13. The maximum absolute atomic E-state index is 11.7. The Kier molecular flexibility index (Phi) is 5.46. The van der Waals surface area contributed by atoms with E-state index in [1.165, 1.54) is 6.20 Å². The molecule has 1 atom stereocenters. The number of carboxylic acids is 1. The summed E-state index contributed by atoms with van der Waals surface area (Å²) in [6.07, 6.45) is 3.02. The lowest BCUT2D eigenvalue weighted by Crippen LogP contribution is -2.42. The summed E-state index contributed by atoms with van der Waals surface area (Å²) in [5.74, 6) is -2.24. The Morgan fingerprint density at radius 2 is 2.16 bits per heavy atom. The van der Waals surface area contributed by atoms with Gasteiger partial charge in [-0.2, -0.15) is 0 Å². The maximum Gasteiger partial charge on any atom is 0.326 e. The van der Waals surface area contributed by atoms with E-state index < -0.39 is 23.8 Å². The summed E-state index contributed by atoms with van der Waals surface area (Å²) in [4.78, 5) is 37.0. The van der Waals surface area contributed by atoms with Crippen LogP contribution in [-0.4, -0.2) is 33.9 Å². The number of primary amides is 1. The summed E-state index contributed by atoms with van der Waals surface area (Å²) in [7, 11) is 0. The summed E-state index contributed by atoms with van der Waals surface area (Å²) in [5, 5.41) is 11.3. The molecule has 1 rings (SSSR count). The number of nitrogens with zero attached hydrogens (tertiary/aromatic N) is 1. The molecule has 0 aliphatic rings. The van der Waals surface area contributed by atoms with Crippen molar-refractivity contribution in [3.05, 3.63) is 30.1 Å². The zero-order valence-electron chi connectivity index (χ0n) is 10.2. The molecule has 102 valence electrons. The average Bonchev–Trinajstić information content (AvgIpc) is 2.35. The fourth-order valence-corrected chi connectivity index (χ4v) is 1.48. The van der Waals surface area contributed by atoms with Crippen LogP contribution in [0.15, 0.2) is 24.5 Å². The summed E-state index contributed by atoms with van der Waals surface area (Å²) in [6, 6.07) is 2.28. The monoisotopic (exact) mass is 265 g/mol. The smallest absolute Gasteiger partial charge is 0.326 e. The van der Waals surface area contributed by atoms with Crippen molar-refractivity contribution < 1.29 is 19.5 Å². The Hall–Kier alpha value is -2.44. The number of rotatable bonds is 7. The second kappa shape index (κ2) is 7.10. The number of hydrogen-bond donors (Lipinski definition) is 3. The van der Waals surface area contributed by atoms with Crippen LogP contribution < -0.4 is 11.1 Å². The number of amides is 2. The Morgan fingerprint density at radius 3 is 2.68 bits per heavy atom. The van der Waals surface area contributed by atoms with Crippen molar-refractivity contribution in [3.8, 4) is 0 Å². The zero-order valence-corrected chi connectivity index (χ0v) is 10.2. The number of aromatic nitrogens is 1. The summed E-state index contributed by atoms with van der Waals surface area (Å²) >= 11 is 0. The molecular formula is C12H15N3O4. The minimum atomic E-state index is -1.19. The van der Waals surface area contributed by atoms with E-state index in [2.05, 4.69) is 10.3 Å². The van der Waals surface area contributed by atoms with E-state index in [1.54, 1.807) is 18.3 Å². The van der Waals surface area contributed by atoms with Crippen LogP contribution in [0, 0.1) is 0 Å². The average molecular weight is 265 g/mol. The molecular weight excluding hydrogens is 250 g/mol. The first kappa shape index (κ1) is 14.6. The molecule has 19 heavy (non-hydrogen) atoms. The van der Waals surface area contributed by atoms with Crippen molar-refractivity contribution in [1.29, 1.82) is 0 Å². The number of carbonyl (C=O) groups excluding carboxylic acids is 2. The topological polar surface area (TPSA) is 122 Å². The lowest BCUT2D eigenvalue weighted by atomic mass is 10.1. The van der Waals surface area contributed by atoms with Crippen LogP contribution >= 0.6 is 0 Å². The molecule has 1 aromatic rings. The fourth-order valence-electron chi connectivity index (χ4n) is 1.48. The first-order valence-corrected chi connectivity index (χ1v) is 5.68. The summed E-state index contributed by atoms with van der Waals surface area (Å²) in [5.41, 5.74) is 5.62. The Morgan fingerprint density at radius 1 is 1.42 bits per heavy atom. The molecule has 0 saturated heterocycles. The minimum absolute atomic E-state index is 0.0244. The largest absolute Gasteiger partial charge is 0.480 e. The quantitative estimate of drug-likeness (QED) is 0.611. The lowest BCUT2D eigenvalue weighted by molar-refractivity contribution is -0.142. The van der Waals surface area contributed by atoms with E-state index in [4.69, 9.17) is 10.8 Å². The molecule has 0 radical (unpaired) electrons. The van der Waals surface area contributed by atoms with Gasteiger partial charge in [-0.05, 0) is 18.1 Å². The van der Waals surface area contributed by atoms with Gasteiger partial charge in [-0.3, -0.25) is 14.6 Å². The van der Waals surface area contributed by atoms with Gasteiger partial charge < -0.3 is 16.2 Å². The Labute approximate surface area is 109 Å². The van der Waals surface area contributed by atoms with Crippen LogP contribution in [-0.2, 0) is 20.8 Å². The van der Waals surface area contributed by atoms with Crippen LogP contribution in [0.5, 0.6) is 0 Å². The summed E-state index contributed by atoms with van der Waals surface area (Å²) < 4.78 is 0. The van der Waals surface area contributed by atoms with Crippen molar-refractivity contribution in [1.82, 2.24) is 10.3 Å². The predicted molar refractivity (Wildman–Crippen MR) is 65.9 cm³/mol. The highest BCUT2D eigenvalue weighted by atomic mass is 16.4. The highest BCUT2D eigenvalue weighted by Gasteiger charge is 2.20. The predicted octanol–water partition coefficient (Wildman–Crippen LogP) is -0.541. The van der Waals surface area contributed by atoms with Gasteiger partial charge in [0.2, 0.25) is 11.8 Å². The number of aliphatic carboxylic acids is 1. The Balaban J connectivity index is 2.52. The van der Waals surface area contributed by atoms with Gasteiger partial charge in [0.25, 0.3) is 0 Å². The van der Waals surface area contributed by atoms with E-state index in [0.717, 1.165) is 0 Å². The SMILES string of the molecule is NC(=O)CC[C@H](NC(=O)Cc1cccnc1)C(=O)O. The van der Waals surface area contributed by atoms with Crippen molar-refractivity contribution >= 4 is 17.8 Å². The molecule has 0 aliphatic heterocycles. The molecule has 0 bridgehead atoms. The molecule has 1 heterocycles. The van der Waals surface area contributed by atoms with Gasteiger partial charge in [0.1, 0.15) is 6.04 Å². The zero-order chi connectivity index (χ0) is 14.3. The van der Waals surface area contributed by atoms with E-state index in [1.807, 2.05) is 0 Å². The van der Waals surface area contributed by atoms with E-state index in [9.17, 15) is 14.4 Å². The number of carboxylic acid groups (broad SMARTS) is 1. The third kappa shape index (κ3) is 5.62. The number of nitrogens with two attached hydrogens (primary N) is 1. The Bertz CT molecular complexity index is 461. The second-order valence-electron chi connectivity index (χ2n) is 4.00. The van der Waals surface area contributed by atoms with Crippen LogP contribution in [0.25, 0.3) is 0 Å². The minimum Gasteiger partial charge on any atom is -0.480 e. The van der Waals surface area contributed by atoms with Gasteiger partial charge in [0.05, 0.1) is 6.42 Å². The van der Waals surface area contributed by atoms with Gasteiger partial charge >= 0.3 is 5.97 Å². The van der Waals surface area contributed by atoms with Crippen molar-refractivity contribution in [3.63, 3.8) is 0 Å². The number of pyridine rings is 1. The molecule has 7 heteroatoms. The summed E-state index contributed by atoms with van der Waals surface area (Å²) in [6.45, 7) is 0. The van der Waals surface area contributed by atoms with E-state index in [-0.39, 0.29) is 19.3 Å². The molecule has 0 aliphatic carbocycles. The van der Waals surface area contributed by atoms with Crippen LogP contribution in [0.1, 0.15) is 18.4 Å². The molecule has 7 nitrogen and oxygen atoms in total. The highest BCUT2D eigenvalue weighted by Crippen LogP contribution is 2.01. The molecule has 0 unspecified atom stereocenters. The second-order valence-corrected chi connectivity index (χ2v) is 4.00. The van der Waals surface area contributed by atoms with E-state index >= 15 is 0 Å². The number of hydrogen-bond acceptors (Lipinski definition) is 4. The van der Waals surface area contributed by atoms with Crippen LogP contribution in [0.4, 0.5) is 0 Å². The third-order valence-corrected chi connectivity index (χ3v) is 2.40. The van der Waals surface area contributed by atoms with Crippen molar-refractivity contribution in [2.75, 3.05) is 0 Å². The molecule has 0 aromatic carbocycles. The first-order chi connectivity index (χ1) is 8.99. The molecule has 1 aromatic heterocycles. The van der Waals surface area contributed by atoms with Crippen LogP contribution in [0.3, 0.4) is 0 Å². The standard InChI is InChI=1S/C12H15N3O4/c13-10(16)4-3-9(12(18)19)15-11(17)6-8-2-1-5-14-7-8/h1-2,5,7,9H,3-4,6H2,(H2,13,16)(H,15,17)(H,18,19)/t9-/m0/s1. The molecule has 0 fully saturated rings. The number of nitrogens with one attached hydrogen (secondary N) is 1. The fraction of sp³-hybridized carbons (Fsp3) is 0.333. The van der Waals surface area contributed by atoms with E-state index in [0.29, 0.717) is 5.56 Å². The maximum atomic E-state index is 11.7. The molecule has 0 spiro atoms. The van der Waals surface area contributed by atoms with Crippen molar-refractivity contribution in [2.45, 2.75) is 25.3 Å². The van der Waals surface area contributed by atoms with Gasteiger partial charge in [0, 0.05) is 18.8 Å². The van der Waals surface area contributed by atoms with Gasteiger partial charge in [-0.15, -0.1) is 0 Å². The van der Waals surface area contributed by atoms with Crippen molar-refractivity contribution in [2.24, 2.45) is 5.73 Å². The first-order valence-electron chi connectivity index (χ1n) is 5.68. The molecule has 2 amide bonds. The van der Waals surface area contributed by atoms with Crippen LogP contribution in [0.2, 0.25) is 0 Å². The van der Waals surface area contributed by atoms with Gasteiger partial charge in [-0.25, -0.2) is 4.79 Å². The number of carbonyl (C=O) groups is 3. The molecule has 4 N–H and O–H groups in total. The van der Waals surface area contributed by atoms with Gasteiger partial charge in [0.15, 0.2) is 0 Å². The van der Waals surface area contributed by atoms with Gasteiger partial charge in [-0.1, -0.05) is 6.07 Å². The third-order valence-electron chi connectivity index (χ3n) is 2.40. The molecule has 0 saturated carbocycles. The highest BCUT2D eigenvalue weighted by molar-refractivity contribution is 5.85.